The summed E-state index contributed by atoms with van der Waals surface area (Å²) in [6.07, 6.45) is 1.21. The second kappa shape index (κ2) is 8.31. The second-order valence-electron chi connectivity index (χ2n) is 5.55. The average molecular weight is 363 g/mol. The van der Waals surface area contributed by atoms with Gasteiger partial charge in [0.2, 0.25) is 0 Å². The van der Waals surface area contributed by atoms with Gasteiger partial charge in [-0.15, -0.1) is 11.3 Å². The van der Waals surface area contributed by atoms with Crippen LogP contribution in [-0.2, 0) is 20.9 Å². The Morgan fingerprint density at radius 1 is 1.40 bits per heavy atom. The molecule has 7 heteroatoms. The first-order valence-electron chi connectivity index (χ1n) is 8.25. The summed E-state index contributed by atoms with van der Waals surface area (Å²) in [4.78, 5) is 16.4. The van der Waals surface area contributed by atoms with Crippen molar-refractivity contribution in [2.24, 2.45) is 0 Å². The van der Waals surface area contributed by atoms with Crippen molar-refractivity contribution >= 4 is 17.3 Å². The number of carbonyl (C=O) groups is 1. The topological polar surface area (TPSA) is 66.9 Å². The van der Waals surface area contributed by atoms with E-state index in [2.05, 4.69) is 4.98 Å². The predicted octanol–water partition coefficient (Wildman–Crippen LogP) is 3.44. The number of rotatable bonds is 7. The maximum Gasteiger partial charge on any atom is 0.335 e. The molecule has 6 nitrogen and oxygen atoms in total. The van der Waals surface area contributed by atoms with Crippen LogP contribution >= 0.6 is 11.3 Å². The SMILES string of the molecule is CCOc1ccc(-c2nc(COC(=O)C3CCCO3)cs2)cc1OC. The van der Waals surface area contributed by atoms with E-state index >= 15 is 0 Å². The summed E-state index contributed by atoms with van der Waals surface area (Å²) in [7, 11) is 1.61. The Balaban J connectivity index is 1.65. The Kier molecular flexibility index (Phi) is 5.88. The minimum Gasteiger partial charge on any atom is -0.493 e. The van der Waals surface area contributed by atoms with Crippen LogP contribution in [-0.4, -0.2) is 37.4 Å². The lowest BCUT2D eigenvalue weighted by molar-refractivity contribution is -0.155. The Hall–Kier alpha value is -2.12. The van der Waals surface area contributed by atoms with Crippen molar-refractivity contribution < 1.29 is 23.7 Å². The predicted molar refractivity (Wildman–Crippen MR) is 94.0 cm³/mol. The maximum absolute atomic E-state index is 11.9. The Bertz CT molecular complexity index is 724. The molecule has 0 N–H and O–H groups in total. The average Bonchev–Trinajstić information content (AvgIpc) is 3.32. The number of carbonyl (C=O) groups excluding carboxylic acids is 1. The molecular weight excluding hydrogens is 342 g/mol. The van der Waals surface area contributed by atoms with Crippen LogP contribution in [0, 0.1) is 0 Å². The van der Waals surface area contributed by atoms with Gasteiger partial charge in [-0.25, -0.2) is 9.78 Å². The molecule has 134 valence electrons. The first-order chi connectivity index (χ1) is 12.2. The summed E-state index contributed by atoms with van der Waals surface area (Å²) in [5.74, 6) is 1.06. The number of benzene rings is 1. The molecule has 0 spiro atoms. The summed E-state index contributed by atoms with van der Waals surface area (Å²) in [6.45, 7) is 3.29. The first-order valence-corrected chi connectivity index (χ1v) is 9.13. The summed E-state index contributed by atoms with van der Waals surface area (Å²) in [5.41, 5.74) is 1.65. The molecule has 1 unspecified atom stereocenters. The molecule has 1 aromatic heterocycles. The van der Waals surface area contributed by atoms with Crippen LogP contribution in [0.4, 0.5) is 0 Å². The zero-order valence-corrected chi connectivity index (χ0v) is 15.1. The standard InChI is InChI=1S/C18H21NO5S/c1-3-22-14-7-6-12(9-16(14)21-2)17-19-13(11-25-17)10-24-18(20)15-5-4-8-23-15/h6-7,9,11,15H,3-5,8,10H2,1-2H3. The van der Waals surface area contributed by atoms with E-state index in [-0.39, 0.29) is 12.6 Å². The van der Waals surface area contributed by atoms with Crippen molar-refractivity contribution in [2.45, 2.75) is 32.5 Å². The molecule has 1 aliphatic rings. The molecule has 0 radical (unpaired) electrons. The van der Waals surface area contributed by atoms with Gasteiger partial charge >= 0.3 is 5.97 Å². The van der Waals surface area contributed by atoms with E-state index in [0.717, 1.165) is 29.1 Å². The summed E-state index contributed by atoms with van der Waals surface area (Å²) in [6, 6.07) is 5.71. The number of ether oxygens (including phenoxy) is 4. The Morgan fingerprint density at radius 2 is 2.28 bits per heavy atom. The van der Waals surface area contributed by atoms with Crippen LogP contribution in [0.2, 0.25) is 0 Å². The zero-order chi connectivity index (χ0) is 17.6. The van der Waals surface area contributed by atoms with Crippen molar-refractivity contribution in [3.8, 4) is 22.1 Å². The molecule has 2 heterocycles. The molecular formula is C18H21NO5S. The van der Waals surface area contributed by atoms with Gasteiger partial charge in [-0.2, -0.15) is 0 Å². The van der Waals surface area contributed by atoms with Gasteiger partial charge in [-0.05, 0) is 38.0 Å². The molecule has 1 saturated heterocycles. The van der Waals surface area contributed by atoms with Gasteiger partial charge in [0.15, 0.2) is 17.6 Å². The highest BCUT2D eigenvalue weighted by atomic mass is 32.1. The monoisotopic (exact) mass is 363 g/mol. The van der Waals surface area contributed by atoms with Gasteiger partial charge in [0.05, 0.1) is 19.4 Å². The van der Waals surface area contributed by atoms with E-state index in [1.54, 1.807) is 7.11 Å². The third-order valence-electron chi connectivity index (χ3n) is 3.82. The molecule has 1 atom stereocenters. The molecule has 0 amide bonds. The molecule has 0 bridgehead atoms. The van der Waals surface area contributed by atoms with Crippen LogP contribution in [0.15, 0.2) is 23.6 Å². The molecule has 25 heavy (non-hydrogen) atoms. The van der Waals surface area contributed by atoms with Gasteiger partial charge in [0.25, 0.3) is 0 Å². The van der Waals surface area contributed by atoms with E-state index in [1.807, 2.05) is 30.5 Å². The van der Waals surface area contributed by atoms with E-state index in [9.17, 15) is 4.79 Å². The van der Waals surface area contributed by atoms with Gasteiger partial charge in [0.1, 0.15) is 11.6 Å². The number of hydrogen-bond donors (Lipinski definition) is 0. The van der Waals surface area contributed by atoms with Crippen molar-refractivity contribution in [1.29, 1.82) is 0 Å². The number of methoxy groups -OCH3 is 1. The van der Waals surface area contributed by atoms with E-state index in [4.69, 9.17) is 18.9 Å². The van der Waals surface area contributed by atoms with E-state index in [1.165, 1.54) is 11.3 Å². The fourth-order valence-corrected chi connectivity index (χ4v) is 3.38. The number of thiazole rings is 1. The molecule has 1 fully saturated rings. The highest BCUT2D eigenvalue weighted by Gasteiger charge is 2.25. The van der Waals surface area contributed by atoms with Crippen LogP contribution in [0.1, 0.15) is 25.5 Å². The smallest absolute Gasteiger partial charge is 0.335 e. The van der Waals surface area contributed by atoms with Crippen LogP contribution in [0.3, 0.4) is 0 Å². The van der Waals surface area contributed by atoms with Crippen LogP contribution in [0.5, 0.6) is 11.5 Å². The van der Waals surface area contributed by atoms with Gasteiger partial charge < -0.3 is 18.9 Å². The Morgan fingerprint density at radius 3 is 3.00 bits per heavy atom. The molecule has 1 aliphatic heterocycles. The van der Waals surface area contributed by atoms with Crippen LogP contribution in [0.25, 0.3) is 10.6 Å². The molecule has 1 aromatic carbocycles. The number of hydrogen-bond acceptors (Lipinski definition) is 7. The largest absolute Gasteiger partial charge is 0.493 e. The summed E-state index contributed by atoms with van der Waals surface area (Å²) >= 11 is 1.49. The minimum absolute atomic E-state index is 0.156. The first kappa shape index (κ1) is 17.7. The maximum atomic E-state index is 11.9. The fraction of sp³-hybridized carbons (Fsp3) is 0.444. The summed E-state index contributed by atoms with van der Waals surface area (Å²) < 4.78 is 21.5. The Labute approximate surface area is 150 Å². The summed E-state index contributed by atoms with van der Waals surface area (Å²) in [5, 5.41) is 2.73. The third-order valence-corrected chi connectivity index (χ3v) is 4.76. The number of esters is 1. The molecule has 0 aliphatic carbocycles. The lowest BCUT2D eigenvalue weighted by Gasteiger charge is -2.10. The van der Waals surface area contributed by atoms with Crippen molar-refractivity contribution in [3.63, 3.8) is 0 Å². The molecule has 0 saturated carbocycles. The van der Waals surface area contributed by atoms with Gasteiger partial charge in [-0.3, -0.25) is 0 Å². The van der Waals surface area contributed by atoms with Crippen LogP contribution < -0.4 is 9.47 Å². The van der Waals surface area contributed by atoms with Crippen molar-refractivity contribution in [1.82, 2.24) is 4.98 Å². The highest BCUT2D eigenvalue weighted by molar-refractivity contribution is 7.13. The zero-order valence-electron chi connectivity index (χ0n) is 14.3. The molecule has 3 rings (SSSR count). The van der Waals surface area contributed by atoms with Gasteiger partial charge in [-0.1, -0.05) is 0 Å². The third kappa shape index (κ3) is 4.29. The molecule has 2 aromatic rings. The van der Waals surface area contributed by atoms with Crippen molar-refractivity contribution in [3.05, 3.63) is 29.3 Å². The van der Waals surface area contributed by atoms with Gasteiger partial charge in [0, 0.05) is 17.6 Å². The van der Waals surface area contributed by atoms with E-state index in [0.29, 0.717) is 24.7 Å². The number of nitrogens with zero attached hydrogens (tertiary/aromatic N) is 1. The minimum atomic E-state index is -0.423. The highest BCUT2D eigenvalue weighted by Crippen LogP contribution is 2.33. The lowest BCUT2D eigenvalue weighted by atomic mass is 10.2. The second-order valence-corrected chi connectivity index (χ2v) is 6.41. The normalized spacial score (nSPS) is 16.6. The lowest BCUT2D eigenvalue weighted by Crippen LogP contribution is -2.22. The van der Waals surface area contributed by atoms with E-state index < -0.39 is 6.10 Å². The quantitative estimate of drug-likeness (QED) is 0.702. The van der Waals surface area contributed by atoms with Crippen molar-refractivity contribution in [2.75, 3.05) is 20.3 Å². The fourth-order valence-electron chi connectivity index (χ4n) is 2.58. The number of aromatic nitrogens is 1.